The highest BCUT2D eigenvalue weighted by atomic mass is 32.1. The smallest absolute Gasteiger partial charge is 0.333 e. The number of hydrogen-bond acceptors (Lipinski definition) is 4. The highest BCUT2D eigenvalue weighted by Gasteiger charge is 2.17. The van der Waals surface area contributed by atoms with E-state index < -0.39 is 12.1 Å². The fraction of sp³-hybridized carbons (Fsp3) is 0.500. The summed E-state index contributed by atoms with van der Waals surface area (Å²) in [5.41, 5.74) is 0. The third kappa shape index (κ3) is 2.78. The molecule has 0 aliphatic heterocycles. The zero-order valence-corrected chi connectivity index (χ0v) is 8.30. The Bertz CT molecular complexity index is 297. The van der Waals surface area contributed by atoms with Crippen molar-refractivity contribution >= 4 is 17.3 Å². The molecule has 4 nitrogen and oxygen atoms in total. The summed E-state index contributed by atoms with van der Waals surface area (Å²) in [5, 5.41) is 9.64. The molecule has 0 fully saturated rings. The molecule has 5 heteroatoms. The van der Waals surface area contributed by atoms with Crippen molar-refractivity contribution in [2.75, 3.05) is 7.11 Å². The predicted molar refractivity (Wildman–Crippen MR) is 49.0 cm³/mol. The third-order valence-corrected chi connectivity index (χ3v) is 2.55. The van der Waals surface area contributed by atoms with Gasteiger partial charge in [0, 0.05) is 24.6 Å². The number of carboxylic acids is 1. The lowest BCUT2D eigenvalue weighted by Gasteiger charge is -2.07. The van der Waals surface area contributed by atoms with Crippen LogP contribution in [-0.4, -0.2) is 29.3 Å². The normalized spacial score (nSPS) is 12.8. The molecule has 0 aliphatic rings. The summed E-state index contributed by atoms with van der Waals surface area (Å²) in [6.07, 6.45) is 1.31. The van der Waals surface area contributed by atoms with E-state index in [1.807, 2.05) is 6.92 Å². The van der Waals surface area contributed by atoms with Gasteiger partial charge < -0.3 is 9.84 Å². The van der Waals surface area contributed by atoms with Crippen LogP contribution in [0.4, 0.5) is 0 Å². The quantitative estimate of drug-likeness (QED) is 0.792. The van der Waals surface area contributed by atoms with Crippen molar-refractivity contribution in [1.29, 1.82) is 0 Å². The second-order valence-electron chi connectivity index (χ2n) is 2.61. The number of carbonyl (C=O) groups is 1. The van der Waals surface area contributed by atoms with Gasteiger partial charge in [0.1, 0.15) is 0 Å². The molecule has 0 aromatic carbocycles. The summed E-state index contributed by atoms with van der Waals surface area (Å²) in [5.74, 6) is -0.937. The molecule has 1 unspecified atom stereocenters. The zero-order chi connectivity index (χ0) is 9.84. The van der Waals surface area contributed by atoms with E-state index in [-0.39, 0.29) is 0 Å². The molecular formula is C8H11NO3S. The van der Waals surface area contributed by atoms with Gasteiger partial charge in [0.2, 0.25) is 0 Å². The minimum Gasteiger partial charge on any atom is -0.479 e. The highest BCUT2D eigenvalue weighted by molar-refractivity contribution is 7.11. The van der Waals surface area contributed by atoms with Crippen molar-refractivity contribution in [1.82, 2.24) is 4.98 Å². The van der Waals surface area contributed by atoms with Crippen molar-refractivity contribution in [3.8, 4) is 0 Å². The van der Waals surface area contributed by atoms with Gasteiger partial charge in [-0.3, -0.25) is 0 Å². The molecule has 0 radical (unpaired) electrons. The van der Waals surface area contributed by atoms with E-state index in [1.54, 1.807) is 6.20 Å². The molecule has 1 atom stereocenters. The van der Waals surface area contributed by atoms with E-state index in [2.05, 4.69) is 4.98 Å². The minimum absolute atomic E-state index is 0.386. The van der Waals surface area contributed by atoms with Crippen molar-refractivity contribution < 1.29 is 14.6 Å². The number of thiazole rings is 1. The van der Waals surface area contributed by atoms with Crippen molar-refractivity contribution in [2.24, 2.45) is 0 Å². The van der Waals surface area contributed by atoms with Crippen LogP contribution in [-0.2, 0) is 16.0 Å². The van der Waals surface area contributed by atoms with Crippen LogP contribution in [0.25, 0.3) is 0 Å². The standard InChI is InChI=1S/C8H11NO3S/c1-5-9-4-6(13-5)3-7(12-2)8(10)11/h4,7H,3H2,1-2H3,(H,10,11). The van der Waals surface area contributed by atoms with Gasteiger partial charge in [0.05, 0.1) is 5.01 Å². The van der Waals surface area contributed by atoms with Crippen LogP contribution in [0.5, 0.6) is 0 Å². The fourth-order valence-electron chi connectivity index (χ4n) is 0.954. The summed E-state index contributed by atoms with van der Waals surface area (Å²) in [6, 6.07) is 0. The second kappa shape index (κ2) is 4.34. The Morgan fingerprint density at radius 2 is 2.54 bits per heavy atom. The topological polar surface area (TPSA) is 59.4 Å². The van der Waals surface area contributed by atoms with E-state index in [0.717, 1.165) is 9.88 Å². The maximum absolute atomic E-state index is 10.6. The molecule has 13 heavy (non-hydrogen) atoms. The summed E-state index contributed by atoms with van der Waals surface area (Å²) < 4.78 is 4.80. The minimum atomic E-state index is -0.937. The lowest BCUT2D eigenvalue weighted by atomic mass is 10.2. The number of rotatable bonds is 4. The van der Waals surface area contributed by atoms with Crippen molar-refractivity contribution in [3.05, 3.63) is 16.1 Å². The Hall–Kier alpha value is -0.940. The number of aryl methyl sites for hydroxylation is 1. The summed E-state index contributed by atoms with van der Waals surface area (Å²) in [6.45, 7) is 1.89. The number of aliphatic carboxylic acids is 1. The Morgan fingerprint density at radius 1 is 1.85 bits per heavy atom. The maximum atomic E-state index is 10.6. The third-order valence-electron chi connectivity index (χ3n) is 1.62. The van der Waals surface area contributed by atoms with Crippen LogP contribution in [0.3, 0.4) is 0 Å². The van der Waals surface area contributed by atoms with Gasteiger partial charge in [0.25, 0.3) is 0 Å². The SMILES string of the molecule is COC(Cc1cnc(C)s1)C(=O)O. The molecule has 0 spiro atoms. The predicted octanol–water partition coefficient (Wildman–Crippen LogP) is 1.09. The molecule has 1 rings (SSSR count). The fourth-order valence-corrected chi connectivity index (χ4v) is 1.78. The van der Waals surface area contributed by atoms with Crippen LogP contribution in [0, 0.1) is 6.92 Å². The lowest BCUT2D eigenvalue weighted by molar-refractivity contribution is -0.148. The van der Waals surface area contributed by atoms with Gasteiger partial charge >= 0.3 is 5.97 Å². The van der Waals surface area contributed by atoms with Crippen LogP contribution < -0.4 is 0 Å². The van der Waals surface area contributed by atoms with Crippen LogP contribution in [0.15, 0.2) is 6.20 Å². The molecule has 1 aromatic heterocycles. The van der Waals surface area contributed by atoms with Gasteiger partial charge in [-0.1, -0.05) is 0 Å². The Balaban J connectivity index is 2.61. The summed E-state index contributed by atoms with van der Waals surface area (Å²) >= 11 is 1.49. The van der Waals surface area contributed by atoms with Gasteiger partial charge in [-0.15, -0.1) is 11.3 Å². The molecule has 72 valence electrons. The Labute approximate surface area is 80.2 Å². The van der Waals surface area contributed by atoms with E-state index in [9.17, 15) is 4.79 Å². The number of carboxylic acid groups (broad SMARTS) is 1. The maximum Gasteiger partial charge on any atom is 0.333 e. The second-order valence-corrected chi connectivity index (χ2v) is 3.93. The molecule has 0 saturated carbocycles. The summed E-state index contributed by atoms with van der Waals surface area (Å²) in [7, 11) is 1.40. The van der Waals surface area contributed by atoms with E-state index >= 15 is 0 Å². The van der Waals surface area contributed by atoms with E-state index in [4.69, 9.17) is 9.84 Å². The molecule has 0 amide bonds. The molecular weight excluding hydrogens is 190 g/mol. The van der Waals surface area contributed by atoms with Crippen LogP contribution >= 0.6 is 11.3 Å². The van der Waals surface area contributed by atoms with Crippen molar-refractivity contribution in [2.45, 2.75) is 19.4 Å². The van der Waals surface area contributed by atoms with Crippen LogP contribution in [0.2, 0.25) is 0 Å². The van der Waals surface area contributed by atoms with Crippen molar-refractivity contribution in [3.63, 3.8) is 0 Å². The first-order valence-electron chi connectivity index (χ1n) is 3.80. The molecule has 1 heterocycles. The van der Waals surface area contributed by atoms with E-state index in [0.29, 0.717) is 6.42 Å². The first-order valence-corrected chi connectivity index (χ1v) is 4.62. The average molecular weight is 201 g/mol. The Kier molecular flexibility index (Phi) is 3.39. The van der Waals surface area contributed by atoms with Gasteiger partial charge in [-0.25, -0.2) is 9.78 Å². The number of hydrogen-bond donors (Lipinski definition) is 1. The van der Waals surface area contributed by atoms with E-state index in [1.165, 1.54) is 18.4 Å². The largest absolute Gasteiger partial charge is 0.479 e. The molecule has 0 aliphatic carbocycles. The number of ether oxygens (including phenoxy) is 1. The van der Waals surface area contributed by atoms with Gasteiger partial charge in [-0.2, -0.15) is 0 Å². The van der Waals surface area contributed by atoms with Gasteiger partial charge in [-0.05, 0) is 6.92 Å². The van der Waals surface area contributed by atoms with Crippen LogP contribution in [0.1, 0.15) is 9.88 Å². The molecule has 0 saturated heterocycles. The molecule has 1 N–H and O–H groups in total. The number of aromatic nitrogens is 1. The average Bonchev–Trinajstić information content (AvgIpc) is 2.46. The highest BCUT2D eigenvalue weighted by Crippen LogP contribution is 2.14. The Morgan fingerprint density at radius 3 is 2.92 bits per heavy atom. The first kappa shape index (κ1) is 10.1. The number of methoxy groups -OCH3 is 1. The molecule has 0 bridgehead atoms. The first-order chi connectivity index (χ1) is 6.13. The van der Waals surface area contributed by atoms with Gasteiger partial charge in [0.15, 0.2) is 6.10 Å². The zero-order valence-electron chi connectivity index (χ0n) is 7.48. The lowest BCUT2D eigenvalue weighted by Crippen LogP contribution is -2.24. The summed E-state index contributed by atoms with van der Waals surface area (Å²) in [4.78, 5) is 15.6. The molecule has 1 aromatic rings. The number of nitrogens with zero attached hydrogens (tertiary/aromatic N) is 1. The monoisotopic (exact) mass is 201 g/mol.